The van der Waals surface area contributed by atoms with Crippen molar-refractivity contribution in [3.63, 3.8) is 0 Å². The molecule has 0 spiro atoms. The van der Waals surface area contributed by atoms with Gasteiger partial charge in [0.15, 0.2) is 5.82 Å². The van der Waals surface area contributed by atoms with Crippen LogP contribution in [0.2, 0.25) is 5.15 Å². The van der Waals surface area contributed by atoms with Crippen LogP contribution >= 0.6 is 11.6 Å². The molecular weight excluding hydrogens is 238 g/mol. The van der Waals surface area contributed by atoms with Gasteiger partial charge in [0.1, 0.15) is 17.6 Å². The minimum absolute atomic E-state index is 0.397. The summed E-state index contributed by atoms with van der Waals surface area (Å²) in [6.45, 7) is 7.27. The van der Waals surface area contributed by atoms with Gasteiger partial charge in [0.2, 0.25) is 0 Å². The molecule has 0 unspecified atom stereocenters. The van der Waals surface area contributed by atoms with E-state index in [1.807, 2.05) is 6.92 Å². The normalized spacial score (nSPS) is 10.9. The van der Waals surface area contributed by atoms with E-state index in [9.17, 15) is 0 Å². The van der Waals surface area contributed by atoms with E-state index < -0.39 is 0 Å². The Morgan fingerprint density at radius 2 is 2.00 bits per heavy atom. The van der Waals surface area contributed by atoms with E-state index in [0.29, 0.717) is 30.2 Å². The van der Waals surface area contributed by atoms with E-state index >= 15 is 0 Å². The molecule has 0 aliphatic heterocycles. The first-order valence-corrected chi connectivity index (χ1v) is 6.45. The number of anilines is 1. The van der Waals surface area contributed by atoms with Gasteiger partial charge in [0.05, 0.1) is 0 Å². The molecule has 5 heteroatoms. The van der Waals surface area contributed by atoms with Crippen LogP contribution in [0.4, 0.5) is 5.82 Å². The number of nitrogens with one attached hydrogen (secondary N) is 1. The molecule has 0 saturated carbocycles. The second-order valence-corrected chi connectivity index (χ2v) is 4.17. The molecule has 0 bridgehead atoms. The molecule has 1 rings (SSSR count). The van der Waals surface area contributed by atoms with Crippen molar-refractivity contribution in [2.75, 3.05) is 11.9 Å². The summed E-state index contributed by atoms with van der Waals surface area (Å²) < 4.78 is 5.28. The van der Waals surface area contributed by atoms with E-state index in [1.165, 1.54) is 0 Å². The predicted octanol–water partition coefficient (Wildman–Crippen LogP) is 3.27. The van der Waals surface area contributed by atoms with Crippen molar-refractivity contribution < 1.29 is 4.74 Å². The largest absolute Gasteiger partial charge is 0.374 e. The zero-order chi connectivity index (χ0) is 12.7. The van der Waals surface area contributed by atoms with Crippen LogP contribution in [0.15, 0.2) is 6.07 Å². The monoisotopic (exact) mass is 257 g/mol. The van der Waals surface area contributed by atoms with Gasteiger partial charge in [0.25, 0.3) is 0 Å². The Hall–Kier alpha value is -0.870. The number of hydrogen-bond acceptors (Lipinski definition) is 4. The van der Waals surface area contributed by atoms with E-state index in [0.717, 1.165) is 18.7 Å². The highest BCUT2D eigenvalue weighted by molar-refractivity contribution is 6.29. The van der Waals surface area contributed by atoms with Gasteiger partial charge in [-0.1, -0.05) is 25.4 Å². The molecule has 0 atom stereocenters. The summed E-state index contributed by atoms with van der Waals surface area (Å²) in [4.78, 5) is 8.49. The summed E-state index contributed by atoms with van der Waals surface area (Å²) in [6.07, 6.45) is 2.11. The zero-order valence-corrected chi connectivity index (χ0v) is 11.4. The first-order valence-electron chi connectivity index (χ1n) is 6.07. The first-order chi connectivity index (χ1) is 8.19. The quantitative estimate of drug-likeness (QED) is 0.762. The molecule has 1 heterocycles. The van der Waals surface area contributed by atoms with Crippen molar-refractivity contribution in [3.8, 4) is 0 Å². The third-order valence-electron chi connectivity index (χ3n) is 2.51. The molecule has 0 aliphatic carbocycles. The second-order valence-electron chi connectivity index (χ2n) is 3.79. The van der Waals surface area contributed by atoms with Crippen LogP contribution in [0, 0.1) is 0 Å². The van der Waals surface area contributed by atoms with Crippen molar-refractivity contribution in [1.82, 2.24) is 9.97 Å². The number of nitrogens with zero attached hydrogens (tertiary/aromatic N) is 2. The molecule has 1 aromatic heterocycles. The smallest absolute Gasteiger partial charge is 0.158 e. The van der Waals surface area contributed by atoms with Gasteiger partial charge in [-0.25, -0.2) is 9.97 Å². The molecule has 1 N–H and O–H groups in total. The molecule has 4 nitrogen and oxygen atoms in total. The summed E-state index contributed by atoms with van der Waals surface area (Å²) in [5.74, 6) is 1.39. The summed E-state index contributed by atoms with van der Waals surface area (Å²) in [7, 11) is 0. The molecule has 17 heavy (non-hydrogen) atoms. The number of ether oxygens (including phenoxy) is 1. The van der Waals surface area contributed by atoms with Crippen LogP contribution in [0.5, 0.6) is 0 Å². The van der Waals surface area contributed by atoms with E-state index in [1.54, 1.807) is 6.07 Å². The Balaban J connectivity index is 2.74. The van der Waals surface area contributed by atoms with Gasteiger partial charge in [-0.15, -0.1) is 0 Å². The Morgan fingerprint density at radius 1 is 1.29 bits per heavy atom. The van der Waals surface area contributed by atoms with Gasteiger partial charge < -0.3 is 10.1 Å². The Labute approximate surface area is 108 Å². The standard InChI is InChI=1S/C12H20ClN3O/c1-4-9(5-2)14-11-7-10(13)15-12(16-11)8-17-6-3/h7,9H,4-6,8H2,1-3H3,(H,14,15,16). The van der Waals surface area contributed by atoms with Gasteiger partial charge >= 0.3 is 0 Å². The molecule has 0 radical (unpaired) electrons. The van der Waals surface area contributed by atoms with E-state index in [4.69, 9.17) is 16.3 Å². The molecular formula is C12H20ClN3O. The summed E-state index contributed by atoms with van der Waals surface area (Å²) in [5.41, 5.74) is 0. The van der Waals surface area contributed by atoms with Crippen LogP contribution in [0.25, 0.3) is 0 Å². The molecule has 1 aromatic rings. The number of hydrogen-bond donors (Lipinski definition) is 1. The Morgan fingerprint density at radius 3 is 2.59 bits per heavy atom. The second kappa shape index (κ2) is 7.45. The molecule has 96 valence electrons. The molecule has 0 aliphatic rings. The first kappa shape index (κ1) is 14.2. The average Bonchev–Trinajstić information content (AvgIpc) is 2.32. The summed E-state index contributed by atoms with van der Waals surface area (Å²) in [5, 5.41) is 3.79. The molecule has 0 saturated heterocycles. The van der Waals surface area contributed by atoms with E-state index in [2.05, 4.69) is 29.1 Å². The van der Waals surface area contributed by atoms with Crippen molar-refractivity contribution in [1.29, 1.82) is 0 Å². The van der Waals surface area contributed by atoms with Crippen LogP contribution in [-0.4, -0.2) is 22.6 Å². The van der Waals surface area contributed by atoms with Crippen molar-refractivity contribution >= 4 is 17.4 Å². The van der Waals surface area contributed by atoms with Crippen molar-refractivity contribution in [3.05, 3.63) is 17.0 Å². The number of halogens is 1. The van der Waals surface area contributed by atoms with Gasteiger partial charge in [-0.2, -0.15) is 0 Å². The van der Waals surface area contributed by atoms with Crippen LogP contribution in [0.1, 0.15) is 39.4 Å². The van der Waals surface area contributed by atoms with Crippen LogP contribution in [0.3, 0.4) is 0 Å². The third kappa shape index (κ3) is 4.88. The zero-order valence-electron chi connectivity index (χ0n) is 10.7. The van der Waals surface area contributed by atoms with E-state index in [-0.39, 0.29) is 0 Å². The third-order valence-corrected chi connectivity index (χ3v) is 2.71. The molecule has 0 fully saturated rings. The highest BCUT2D eigenvalue weighted by Crippen LogP contribution is 2.14. The highest BCUT2D eigenvalue weighted by atomic mass is 35.5. The Kier molecular flexibility index (Phi) is 6.22. The summed E-state index contributed by atoms with van der Waals surface area (Å²) >= 11 is 5.95. The molecule has 0 aromatic carbocycles. The minimum Gasteiger partial charge on any atom is -0.374 e. The highest BCUT2D eigenvalue weighted by Gasteiger charge is 2.07. The lowest BCUT2D eigenvalue weighted by Crippen LogP contribution is -2.18. The number of rotatable bonds is 7. The fraction of sp³-hybridized carbons (Fsp3) is 0.667. The fourth-order valence-corrected chi connectivity index (χ4v) is 1.70. The van der Waals surface area contributed by atoms with Gasteiger partial charge in [-0.3, -0.25) is 0 Å². The Bertz CT molecular complexity index is 343. The fourth-order valence-electron chi connectivity index (χ4n) is 1.50. The average molecular weight is 258 g/mol. The predicted molar refractivity (Wildman–Crippen MR) is 70.4 cm³/mol. The maximum atomic E-state index is 5.95. The molecule has 0 amide bonds. The minimum atomic E-state index is 0.397. The van der Waals surface area contributed by atoms with Crippen LogP contribution < -0.4 is 5.32 Å². The number of aromatic nitrogens is 2. The van der Waals surface area contributed by atoms with Crippen LogP contribution in [-0.2, 0) is 11.3 Å². The van der Waals surface area contributed by atoms with Gasteiger partial charge in [0, 0.05) is 18.7 Å². The lowest BCUT2D eigenvalue weighted by Gasteiger charge is -2.15. The maximum Gasteiger partial charge on any atom is 0.158 e. The topological polar surface area (TPSA) is 47.0 Å². The van der Waals surface area contributed by atoms with Gasteiger partial charge in [-0.05, 0) is 19.8 Å². The lowest BCUT2D eigenvalue weighted by atomic mass is 10.2. The lowest BCUT2D eigenvalue weighted by molar-refractivity contribution is 0.128. The van der Waals surface area contributed by atoms with Crippen molar-refractivity contribution in [2.24, 2.45) is 0 Å². The maximum absolute atomic E-state index is 5.95. The van der Waals surface area contributed by atoms with Crippen molar-refractivity contribution in [2.45, 2.75) is 46.3 Å². The summed E-state index contributed by atoms with van der Waals surface area (Å²) in [6, 6.07) is 2.16. The SMILES string of the molecule is CCOCc1nc(Cl)cc(NC(CC)CC)n1.